The highest BCUT2D eigenvalue weighted by Crippen LogP contribution is 2.32. The van der Waals surface area contributed by atoms with E-state index in [1.165, 1.54) is 7.11 Å². The number of hydrogen-bond acceptors (Lipinski definition) is 6. The van der Waals surface area contributed by atoms with E-state index in [9.17, 15) is 14.4 Å². The Labute approximate surface area is 197 Å². The lowest BCUT2D eigenvalue weighted by Crippen LogP contribution is -2.28. The fourth-order valence-electron chi connectivity index (χ4n) is 3.48. The number of nitrogens with one attached hydrogen (secondary N) is 4. The van der Waals surface area contributed by atoms with Crippen molar-refractivity contribution >= 4 is 34.6 Å². The lowest BCUT2D eigenvalue weighted by atomic mass is 9.95. The summed E-state index contributed by atoms with van der Waals surface area (Å²) in [7, 11) is 2.91. The summed E-state index contributed by atoms with van der Waals surface area (Å²) >= 11 is 0. The minimum absolute atomic E-state index is 0.0488. The number of ether oxygens (including phenoxy) is 1. The zero-order valence-electron chi connectivity index (χ0n) is 19.4. The van der Waals surface area contributed by atoms with Gasteiger partial charge in [0, 0.05) is 50.0 Å². The summed E-state index contributed by atoms with van der Waals surface area (Å²) in [5.74, 6) is 0.346. The molecule has 0 atom stereocenters. The molecule has 0 bridgehead atoms. The van der Waals surface area contributed by atoms with Gasteiger partial charge in [-0.3, -0.25) is 15.1 Å². The summed E-state index contributed by atoms with van der Waals surface area (Å²) in [5.41, 5.74) is 3.45. The maximum atomic E-state index is 12.0. The van der Waals surface area contributed by atoms with Crippen LogP contribution in [0.25, 0.3) is 21.9 Å². The third-order valence-corrected chi connectivity index (χ3v) is 5.19. The fourth-order valence-corrected chi connectivity index (χ4v) is 3.48. The van der Waals surface area contributed by atoms with Crippen LogP contribution in [0.1, 0.15) is 24.6 Å². The molecule has 0 radical (unpaired) electrons. The van der Waals surface area contributed by atoms with Gasteiger partial charge < -0.3 is 20.7 Å². The van der Waals surface area contributed by atoms with Gasteiger partial charge in [-0.05, 0) is 53.6 Å². The van der Waals surface area contributed by atoms with Crippen molar-refractivity contribution in [2.45, 2.75) is 26.3 Å². The molecule has 0 aliphatic rings. The monoisotopic (exact) mass is 464 g/mol. The Kier molecular flexibility index (Phi) is 8.33. The second kappa shape index (κ2) is 11.6. The van der Waals surface area contributed by atoms with Gasteiger partial charge in [0.05, 0.1) is 7.11 Å². The lowest BCUT2D eigenvalue weighted by Gasteiger charge is -2.14. The van der Waals surface area contributed by atoms with Crippen molar-refractivity contribution in [1.29, 1.82) is 0 Å². The van der Waals surface area contributed by atoms with Crippen LogP contribution in [0.4, 0.5) is 15.4 Å². The fraction of sp³-hybridized carbons (Fsp3) is 0.292. The molecule has 2 heterocycles. The predicted octanol–water partition coefficient (Wildman–Crippen LogP) is 2.97. The number of rotatable bonds is 8. The molecule has 4 amide bonds. The Balaban J connectivity index is 2.03. The number of aromatic nitrogens is 2. The molecule has 2 aromatic heterocycles. The van der Waals surface area contributed by atoms with Crippen LogP contribution in [0.3, 0.4) is 0 Å². The molecule has 34 heavy (non-hydrogen) atoms. The van der Waals surface area contributed by atoms with Crippen LogP contribution in [-0.2, 0) is 22.5 Å². The SMILES string of the molecule is CCNC(=O)Nc1cc2c(-c3ccnc(CCC(=O)NC)c3)ccc(CNC(=O)OC)c2cn1. The van der Waals surface area contributed by atoms with Crippen LogP contribution >= 0.6 is 0 Å². The van der Waals surface area contributed by atoms with Crippen molar-refractivity contribution in [3.8, 4) is 11.1 Å². The molecule has 1 aromatic carbocycles. The highest BCUT2D eigenvalue weighted by Gasteiger charge is 2.13. The van der Waals surface area contributed by atoms with Crippen molar-refractivity contribution in [3.05, 3.63) is 54.0 Å². The molecule has 3 aromatic rings. The van der Waals surface area contributed by atoms with Crippen molar-refractivity contribution < 1.29 is 19.1 Å². The number of aryl methyl sites for hydroxylation is 1. The van der Waals surface area contributed by atoms with Crippen LogP contribution in [0, 0.1) is 0 Å². The average Bonchev–Trinajstić information content (AvgIpc) is 2.85. The van der Waals surface area contributed by atoms with E-state index < -0.39 is 6.09 Å². The van der Waals surface area contributed by atoms with Gasteiger partial charge in [0.25, 0.3) is 0 Å². The average molecular weight is 465 g/mol. The maximum Gasteiger partial charge on any atom is 0.407 e. The molecular weight excluding hydrogens is 436 g/mol. The van der Waals surface area contributed by atoms with E-state index in [4.69, 9.17) is 0 Å². The van der Waals surface area contributed by atoms with Crippen LogP contribution in [-0.4, -0.2) is 48.7 Å². The summed E-state index contributed by atoms with van der Waals surface area (Å²) in [5, 5.41) is 12.4. The number of hydrogen-bond donors (Lipinski definition) is 4. The Morgan fingerprint density at radius 3 is 2.59 bits per heavy atom. The Morgan fingerprint density at radius 2 is 1.85 bits per heavy atom. The number of anilines is 1. The topological polar surface area (TPSA) is 134 Å². The van der Waals surface area contributed by atoms with Gasteiger partial charge in [0.2, 0.25) is 5.91 Å². The number of urea groups is 1. The molecule has 0 saturated heterocycles. The van der Waals surface area contributed by atoms with E-state index >= 15 is 0 Å². The van der Waals surface area contributed by atoms with Crippen LogP contribution in [0.15, 0.2) is 42.7 Å². The number of fused-ring (bicyclic) bond motifs is 1. The third-order valence-electron chi connectivity index (χ3n) is 5.19. The highest BCUT2D eigenvalue weighted by molar-refractivity contribution is 6.01. The molecule has 0 aliphatic heterocycles. The molecule has 10 nitrogen and oxygen atoms in total. The van der Waals surface area contributed by atoms with Crippen molar-refractivity contribution in [2.75, 3.05) is 26.0 Å². The van der Waals surface area contributed by atoms with E-state index in [2.05, 4.69) is 36.0 Å². The van der Waals surface area contributed by atoms with E-state index in [0.717, 1.165) is 33.2 Å². The van der Waals surface area contributed by atoms with Crippen LogP contribution < -0.4 is 21.3 Å². The number of nitrogens with zero attached hydrogens (tertiary/aromatic N) is 2. The maximum absolute atomic E-state index is 12.0. The highest BCUT2D eigenvalue weighted by atomic mass is 16.5. The van der Waals surface area contributed by atoms with Crippen molar-refractivity contribution in [3.63, 3.8) is 0 Å². The van der Waals surface area contributed by atoms with E-state index in [0.29, 0.717) is 25.2 Å². The first kappa shape index (κ1) is 24.4. The smallest absolute Gasteiger partial charge is 0.407 e. The normalized spacial score (nSPS) is 10.4. The standard InChI is InChI=1S/C24H28N6O4/c1-4-26-23(32)30-21-12-19-18(15-9-10-27-17(11-15)6-8-22(31)25-2)7-5-16(20(19)14-28-21)13-29-24(33)34-3/h5,7,9-12,14H,4,6,8,13H2,1-3H3,(H,25,31)(H,29,33)(H2,26,28,30,32). The molecule has 0 unspecified atom stereocenters. The molecule has 4 N–H and O–H groups in total. The molecule has 3 rings (SSSR count). The van der Waals surface area contributed by atoms with E-state index in [-0.39, 0.29) is 18.5 Å². The number of pyridine rings is 2. The van der Waals surface area contributed by atoms with Crippen LogP contribution in [0.2, 0.25) is 0 Å². The third kappa shape index (κ3) is 6.18. The number of methoxy groups -OCH3 is 1. The molecule has 0 aliphatic carbocycles. The van der Waals surface area contributed by atoms with Crippen molar-refractivity contribution in [1.82, 2.24) is 25.9 Å². The van der Waals surface area contributed by atoms with Gasteiger partial charge in [-0.25, -0.2) is 14.6 Å². The molecular formula is C24H28N6O4. The Hall–Kier alpha value is -4.21. The summed E-state index contributed by atoms with van der Waals surface area (Å²) < 4.78 is 4.67. The van der Waals surface area contributed by atoms with E-state index in [1.807, 2.05) is 31.2 Å². The molecule has 178 valence electrons. The van der Waals surface area contributed by atoms with Crippen molar-refractivity contribution in [2.24, 2.45) is 0 Å². The first-order chi connectivity index (χ1) is 16.4. The Morgan fingerprint density at radius 1 is 1.03 bits per heavy atom. The number of carbonyl (C=O) groups excluding carboxylic acids is 3. The summed E-state index contributed by atoms with van der Waals surface area (Å²) in [4.78, 5) is 44.0. The molecule has 10 heteroatoms. The minimum Gasteiger partial charge on any atom is -0.453 e. The first-order valence-corrected chi connectivity index (χ1v) is 10.9. The molecule has 0 fully saturated rings. The van der Waals surface area contributed by atoms with Gasteiger partial charge in [-0.15, -0.1) is 0 Å². The number of carbonyl (C=O) groups is 3. The number of amides is 4. The van der Waals surface area contributed by atoms with E-state index in [1.54, 1.807) is 25.5 Å². The molecule has 0 spiro atoms. The van der Waals surface area contributed by atoms with Gasteiger partial charge in [0.1, 0.15) is 5.82 Å². The predicted molar refractivity (Wildman–Crippen MR) is 129 cm³/mol. The Bertz CT molecular complexity index is 1200. The summed E-state index contributed by atoms with van der Waals surface area (Å²) in [6.07, 6.45) is 3.70. The van der Waals surface area contributed by atoms with Gasteiger partial charge >= 0.3 is 12.1 Å². The second-order valence-corrected chi connectivity index (χ2v) is 7.43. The van der Waals surface area contributed by atoms with Gasteiger partial charge in [-0.1, -0.05) is 12.1 Å². The number of alkyl carbamates (subject to hydrolysis) is 1. The lowest BCUT2D eigenvalue weighted by molar-refractivity contribution is -0.120. The van der Waals surface area contributed by atoms with Gasteiger partial charge in [0.15, 0.2) is 0 Å². The first-order valence-electron chi connectivity index (χ1n) is 10.9. The summed E-state index contributed by atoms with van der Waals surface area (Å²) in [6, 6.07) is 9.15. The second-order valence-electron chi connectivity index (χ2n) is 7.43. The summed E-state index contributed by atoms with van der Waals surface area (Å²) in [6.45, 7) is 2.57. The van der Waals surface area contributed by atoms with Crippen LogP contribution in [0.5, 0.6) is 0 Å². The number of benzene rings is 1. The zero-order chi connectivity index (χ0) is 24.5. The zero-order valence-corrected chi connectivity index (χ0v) is 19.4. The minimum atomic E-state index is -0.533. The molecule has 0 saturated carbocycles. The quantitative estimate of drug-likeness (QED) is 0.405. The van der Waals surface area contributed by atoms with Gasteiger partial charge in [-0.2, -0.15) is 0 Å². The largest absolute Gasteiger partial charge is 0.453 e.